The Balaban J connectivity index is 1.40. The van der Waals surface area contributed by atoms with Crippen molar-refractivity contribution >= 4 is 29.1 Å². The zero-order valence-electron chi connectivity index (χ0n) is 16.6. The molecular formula is C22H20ClFN4O3. The van der Waals surface area contributed by atoms with Crippen LogP contribution in [0.2, 0.25) is 5.02 Å². The van der Waals surface area contributed by atoms with Crippen molar-refractivity contribution in [2.75, 3.05) is 18.4 Å². The molecule has 31 heavy (non-hydrogen) atoms. The fourth-order valence-corrected chi connectivity index (χ4v) is 3.57. The first kappa shape index (κ1) is 21.0. The largest absolute Gasteiger partial charge is 0.339 e. The molecule has 1 fully saturated rings. The van der Waals surface area contributed by atoms with Crippen LogP contribution in [0.1, 0.15) is 35.5 Å². The highest BCUT2D eigenvalue weighted by Gasteiger charge is 2.23. The number of carbonyl (C=O) groups excluding carboxylic acids is 2. The average molecular weight is 443 g/mol. The Kier molecular flexibility index (Phi) is 6.27. The lowest BCUT2D eigenvalue weighted by molar-refractivity contribution is -0.116. The Bertz CT molecular complexity index is 1090. The number of amides is 2. The van der Waals surface area contributed by atoms with Gasteiger partial charge in [0.1, 0.15) is 5.82 Å². The van der Waals surface area contributed by atoms with Crippen LogP contribution in [0.4, 0.5) is 10.1 Å². The minimum absolute atomic E-state index is 0.0783. The summed E-state index contributed by atoms with van der Waals surface area (Å²) in [5.74, 6) is -0.171. The van der Waals surface area contributed by atoms with Crippen molar-refractivity contribution in [2.45, 2.75) is 25.7 Å². The number of hydrogen-bond acceptors (Lipinski definition) is 5. The predicted molar refractivity (Wildman–Crippen MR) is 113 cm³/mol. The number of halogens is 2. The highest BCUT2D eigenvalue weighted by Crippen LogP contribution is 2.24. The van der Waals surface area contributed by atoms with Crippen molar-refractivity contribution < 1.29 is 18.5 Å². The number of aromatic nitrogens is 2. The molecule has 7 nitrogen and oxygen atoms in total. The molecule has 4 rings (SSSR count). The number of nitrogens with one attached hydrogen (secondary N) is 1. The Labute approximate surface area is 183 Å². The van der Waals surface area contributed by atoms with E-state index in [0.717, 1.165) is 12.8 Å². The molecule has 0 radical (unpaired) electrons. The van der Waals surface area contributed by atoms with Crippen LogP contribution in [0.15, 0.2) is 47.0 Å². The SMILES string of the molecule is O=C(CCc1nc(-c2ccc(F)cc2)no1)Nc1cc(Cl)ccc1C(=O)N1CCCC1. The molecule has 0 spiro atoms. The lowest BCUT2D eigenvalue weighted by Crippen LogP contribution is -2.28. The smallest absolute Gasteiger partial charge is 0.255 e. The second-order valence-corrected chi connectivity index (χ2v) is 7.69. The van der Waals surface area contributed by atoms with Crippen LogP contribution >= 0.6 is 11.6 Å². The van der Waals surface area contributed by atoms with Crippen LogP contribution in [0.5, 0.6) is 0 Å². The average Bonchev–Trinajstić information content (AvgIpc) is 3.45. The first-order valence-electron chi connectivity index (χ1n) is 9.97. The van der Waals surface area contributed by atoms with E-state index in [2.05, 4.69) is 15.5 Å². The Morgan fingerprint density at radius 1 is 1.13 bits per heavy atom. The van der Waals surface area contributed by atoms with Crippen LogP contribution in [0, 0.1) is 5.82 Å². The third-order valence-corrected chi connectivity index (χ3v) is 5.25. The quantitative estimate of drug-likeness (QED) is 0.613. The molecule has 0 aliphatic carbocycles. The third kappa shape index (κ3) is 5.08. The van der Waals surface area contributed by atoms with E-state index in [-0.39, 0.29) is 36.4 Å². The van der Waals surface area contributed by atoms with Crippen molar-refractivity contribution in [1.82, 2.24) is 15.0 Å². The van der Waals surface area contributed by atoms with E-state index in [1.807, 2.05) is 0 Å². The van der Waals surface area contributed by atoms with Gasteiger partial charge < -0.3 is 14.7 Å². The molecule has 160 valence electrons. The van der Waals surface area contributed by atoms with Gasteiger partial charge in [0.2, 0.25) is 17.6 Å². The maximum atomic E-state index is 13.0. The molecule has 1 aliphatic heterocycles. The summed E-state index contributed by atoms with van der Waals surface area (Å²) in [4.78, 5) is 31.3. The molecule has 2 amide bonds. The molecule has 2 heterocycles. The summed E-state index contributed by atoms with van der Waals surface area (Å²) in [6.45, 7) is 1.42. The molecule has 0 saturated carbocycles. The third-order valence-electron chi connectivity index (χ3n) is 5.02. The van der Waals surface area contributed by atoms with Gasteiger partial charge in [-0.1, -0.05) is 16.8 Å². The van der Waals surface area contributed by atoms with E-state index in [9.17, 15) is 14.0 Å². The van der Waals surface area contributed by atoms with Crippen LogP contribution < -0.4 is 5.32 Å². The van der Waals surface area contributed by atoms with Crippen molar-refractivity contribution in [3.05, 3.63) is 64.8 Å². The number of carbonyl (C=O) groups is 2. The lowest BCUT2D eigenvalue weighted by Gasteiger charge is -2.18. The molecule has 9 heteroatoms. The van der Waals surface area contributed by atoms with Crippen LogP contribution in [-0.4, -0.2) is 39.9 Å². The van der Waals surface area contributed by atoms with Crippen LogP contribution in [-0.2, 0) is 11.2 Å². The molecule has 3 aromatic rings. The second-order valence-electron chi connectivity index (χ2n) is 7.26. The van der Waals surface area contributed by atoms with Gasteiger partial charge >= 0.3 is 0 Å². The van der Waals surface area contributed by atoms with E-state index in [4.69, 9.17) is 16.1 Å². The standard InChI is InChI=1S/C22H20ClFN4O3/c23-15-5-8-17(22(30)28-11-1-2-12-28)18(13-15)25-19(29)9-10-20-26-21(27-31-20)14-3-6-16(24)7-4-14/h3-8,13H,1-2,9-12H2,(H,25,29). The number of benzene rings is 2. The maximum Gasteiger partial charge on any atom is 0.255 e. The molecule has 2 aromatic carbocycles. The zero-order chi connectivity index (χ0) is 21.8. The highest BCUT2D eigenvalue weighted by molar-refractivity contribution is 6.31. The van der Waals surface area contributed by atoms with Crippen molar-refractivity contribution in [1.29, 1.82) is 0 Å². The van der Waals surface area contributed by atoms with Gasteiger partial charge in [0.25, 0.3) is 5.91 Å². The molecule has 0 unspecified atom stereocenters. The first-order chi connectivity index (χ1) is 15.0. The molecule has 1 aromatic heterocycles. The van der Waals surface area contributed by atoms with Gasteiger partial charge in [0, 0.05) is 36.5 Å². The van der Waals surface area contributed by atoms with Gasteiger partial charge in [-0.15, -0.1) is 0 Å². The van der Waals surface area contributed by atoms with Crippen molar-refractivity contribution in [3.8, 4) is 11.4 Å². The van der Waals surface area contributed by atoms with Gasteiger partial charge in [-0.05, 0) is 55.3 Å². The zero-order valence-corrected chi connectivity index (χ0v) is 17.4. The summed E-state index contributed by atoms with van der Waals surface area (Å²) in [6.07, 6.45) is 2.25. The number of nitrogens with zero attached hydrogens (tertiary/aromatic N) is 3. The normalized spacial score (nSPS) is 13.4. The van der Waals surface area contributed by atoms with E-state index in [0.29, 0.717) is 40.8 Å². The highest BCUT2D eigenvalue weighted by atomic mass is 35.5. The molecule has 1 N–H and O–H groups in total. The number of likely N-dealkylation sites (tertiary alicyclic amines) is 1. The number of hydrogen-bond donors (Lipinski definition) is 1. The van der Waals surface area contributed by atoms with E-state index in [1.54, 1.807) is 35.2 Å². The van der Waals surface area contributed by atoms with Crippen molar-refractivity contribution in [2.24, 2.45) is 0 Å². The second kappa shape index (κ2) is 9.26. The van der Waals surface area contributed by atoms with Gasteiger partial charge in [-0.25, -0.2) is 4.39 Å². The summed E-state index contributed by atoms with van der Waals surface area (Å²) in [5, 5.41) is 7.06. The molecule has 0 bridgehead atoms. The maximum absolute atomic E-state index is 13.0. The Morgan fingerprint density at radius 3 is 2.61 bits per heavy atom. The van der Waals surface area contributed by atoms with Gasteiger partial charge in [0.15, 0.2) is 0 Å². The van der Waals surface area contributed by atoms with Gasteiger partial charge in [-0.2, -0.15) is 4.98 Å². The molecule has 1 aliphatic rings. The number of anilines is 1. The van der Waals surface area contributed by atoms with Gasteiger partial charge in [0.05, 0.1) is 11.3 Å². The number of aryl methyl sites for hydroxylation is 1. The van der Waals surface area contributed by atoms with Crippen LogP contribution in [0.25, 0.3) is 11.4 Å². The summed E-state index contributed by atoms with van der Waals surface area (Å²) in [5.41, 5.74) is 1.41. The molecular weight excluding hydrogens is 423 g/mol. The van der Waals surface area contributed by atoms with Gasteiger partial charge in [-0.3, -0.25) is 9.59 Å². The fraction of sp³-hybridized carbons (Fsp3) is 0.273. The summed E-state index contributed by atoms with van der Waals surface area (Å²) in [6, 6.07) is 10.6. The topological polar surface area (TPSA) is 88.3 Å². The minimum atomic E-state index is -0.354. The Morgan fingerprint density at radius 2 is 1.87 bits per heavy atom. The Hall–Kier alpha value is -3.26. The predicted octanol–water partition coefficient (Wildman–Crippen LogP) is 4.34. The van der Waals surface area contributed by atoms with Crippen LogP contribution in [0.3, 0.4) is 0 Å². The number of rotatable bonds is 6. The molecule has 1 saturated heterocycles. The van der Waals surface area contributed by atoms with E-state index >= 15 is 0 Å². The first-order valence-corrected chi connectivity index (χ1v) is 10.3. The summed E-state index contributed by atoms with van der Waals surface area (Å²) < 4.78 is 18.2. The fourth-order valence-electron chi connectivity index (χ4n) is 3.40. The lowest BCUT2D eigenvalue weighted by atomic mass is 10.1. The summed E-state index contributed by atoms with van der Waals surface area (Å²) in [7, 11) is 0. The molecule has 0 atom stereocenters. The van der Waals surface area contributed by atoms with E-state index < -0.39 is 0 Å². The summed E-state index contributed by atoms with van der Waals surface area (Å²) >= 11 is 6.08. The van der Waals surface area contributed by atoms with Crippen molar-refractivity contribution in [3.63, 3.8) is 0 Å². The van der Waals surface area contributed by atoms with E-state index in [1.165, 1.54) is 12.1 Å². The minimum Gasteiger partial charge on any atom is -0.339 e. The monoisotopic (exact) mass is 442 g/mol.